The van der Waals surface area contributed by atoms with Crippen LogP contribution in [0, 0.1) is 5.41 Å². The zero-order valence-electron chi connectivity index (χ0n) is 13.7. The van der Waals surface area contributed by atoms with Gasteiger partial charge >= 0.3 is 0 Å². The van der Waals surface area contributed by atoms with Crippen molar-refractivity contribution >= 4 is 17.3 Å². The Morgan fingerprint density at radius 2 is 2.05 bits per heavy atom. The number of halogens is 1. The fourth-order valence-corrected chi connectivity index (χ4v) is 3.47. The lowest BCUT2D eigenvalue weighted by Crippen LogP contribution is -2.28. The molecule has 0 aliphatic carbocycles. The number of hydrogen-bond acceptors (Lipinski definition) is 2. The van der Waals surface area contributed by atoms with E-state index >= 15 is 0 Å². The van der Waals surface area contributed by atoms with Crippen molar-refractivity contribution in [1.29, 1.82) is 0 Å². The molecular weight excluding hydrogens is 280 g/mol. The molecule has 1 fully saturated rings. The highest BCUT2D eigenvalue weighted by Gasteiger charge is 2.25. The molecule has 1 heterocycles. The van der Waals surface area contributed by atoms with E-state index < -0.39 is 0 Å². The molecule has 3 heteroatoms. The summed E-state index contributed by atoms with van der Waals surface area (Å²) in [6.45, 7) is 9.07. The van der Waals surface area contributed by atoms with Crippen molar-refractivity contribution in [2.75, 3.05) is 18.0 Å². The highest BCUT2D eigenvalue weighted by Crippen LogP contribution is 2.36. The van der Waals surface area contributed by atoms with Gasteiger partial charge in [0.1, 0.15) is 0 Å². The first-order valence-corrected chi connectivity index (χ1v) is 8.58. The number of para-hydroxylation sites is 1. The quantitative estimate of drug-likeness (QED) is 0.878. The molecule has 0 bridgehead atoms. The summed E-state index contributed by atoms with van der Waals surface area (Å²) >= 11 is 6.53. The first kappa shape index (κ1) is 16.6. The smallest absolute Gasteiger partial charge is 0.0642 e. The van der Waals surface area contributed by atoms with Crippen LogP contribution in [0.15, 0.2) is 18.2 Å². The van der Waals surface area contributed by atoms with Gasteiger partial charge in [-0.05, 0) is 49.1 Å². The van der Waals surface area contributed by atoms with Crippen molar-refractivity contribution in [2.45, 2.75) is 58.9 Å². The maximum Gasteiger partial charge on any atom is 0.0642 e. The molecule has 0 radical (unpaired) electrons. The fourth-order valence-electron chi connectivity index (χ4n) is 3.15. The summed E-state index contributed by atoms with van der Waals surface area (Å²) < 4.78 is 0. The minimum Gasteiger partial charge on any atom is -0.370 e. The van der Waals surface area contributed by atoms with Crippen molar-refractivity contribution < 1.29 is 0 Å². The van der Waals surface area contributed by atoms with E-state index in [1.807, 2.05) is 12.1 Å². The van der Waals surface area contributed by atoms with Crippen LogP contribution in [0.1, 0.15) is 52.0 Å². The summed E-state index contributed by atoms with van der Waals surface area (Å²) in [4.78, 5) is 2.48. The SMILES string of the molecule is CCC(N)Cc1cccc(Cl)c1N1CCCC(C)(C)CC1. The predicted molar refractivity (Wildman–Crippen MR) is 93.3 cm³/mol. The lowest BCUT2D eigenvalue weighted by Gasteiger charge is -2.28. The van der Waals surface area contributed by atoms with Crippen molar-refractivity contribution in [3.05, 3.63) is 28.8 Å². The van der Waals surface area contributed by atoms with Crippen molar-refractivity contribution in [3.63, 3.8) is 0 Å². The first-order chi connectivity index (χ1) is 9.93. The third-order valence-corrected chi connectivity index (χ3v) is 5.04. The van der Waals surface area contributed by atoms with Gasteiger partial charge in [0.15, 0.2) is 0 Å². The Kier molecular flexibility index (Phi) is 5.56. The molecule has 0 spiro atoms. The molecular formula is C18H29ClN2. The molecule has 0 aromatic heterocycles. The Morgan fingerprint density at radius 3 is 2.76 bits per heavy atom. The van der Waals surface area contributed by atoms with Gasteiger partial charge in [0, 0.05) is 19.1 Å². The second-order valence-electron chi connectivity index (χ2n) is 7.12. The normalized spacial score (nSPS) is 20.1. The molecule has 0 amide bonds. The number of rotatable bonds is 4. The van der Waals surface area contributed by atoms with Crippen LogP contribution in [0.2, 0.25) is 5.02 Å². The van der Waals surface area contributed by atoms with Crippen LogP contribution in [-0.2, 0) is 6.42 Å². The van der Waals surface area contributed by atoms with E-state index in [2.05, 4.69) is 31.7 Å². The Bertz CT molecular complexity index is 470. The van der Waals surface area contributed by atoms with Gasteiger partial charge in [-0.1, -0.05) is 44.5 Å². The van der Waals surface area contributed by atoms with E-state index in [9.17, 15) is 0 Å². The maximum atomic E-state index is 6.53. The average molecular weight is 309 g/mol. The van der Waals surface area contributed by atoms with Crippen LogP contribution < -0.4 is 10.6 Å². The number of nitrogens with zero attached hydrogens (tertiary/aromatic N) is 1. The molecule has 0 saturated carbocycles. The van der Waals surface area contributed by atoms with Crippen LogP contribution >= 0.6 is 11.6 Å². The molecule has 21 heavy (non-hydrogen) atoms. The Morgan fingerprint density at radius 1 is 1.29 bits per heavy atom. The van der Waals surface area contributed by atoms with Crippen LogP contribution in [0.5, 0.6) is 0 Å². The Hall–Kier alpha value is -0.730. The fraction of sp³-hybridized carbons (Fsp3) is 0.667. The standard InChI is InChI=1S/C18H29ClN2/c1-4-15(20)13-14-7-5-8-16(19)17(14)21-11-6-9-18(2,3)10-12-21/h5,7-8,15H,4,6,9-13,20H2,1-3H3. The Balaban J connectivity index is 2.25. The van der Waals surface area contributed by atoms with E-state index in [0.717, 1.165) is 31.0 Å². The molecule has 1 aromatic carbocycles. The molecule has 1 saturated heterocycles. The van der Waals surface area contributed by atoms with Crippen LogP contribution in [0.4, 0.5) is 5.69 Å². The topological polar surface area (TPSA) is 29.3 Å². The van der Waals surface area contributed by atoms with Crippen LogP contribution in [-0.4, -0.2) is 19.1 Å². The summed E-state index contributed by atoms with van der Waals surface area (Å²) in [6.07, 6.45) is 5.65. The van der Waals surface area contributed by atoms with Gasteiger partial charge in [0.2, 0.25) is 0 Å². The number of nitrogens with two attached hydrogens (primary N) is 1. The molecule has 2 rings (SSSR count). The predicted octanol–water partition coefficient (Wildman–Crippen LogP) is 4.64. The number of anilines is 1. The van der Waals surface area contributed by atoms with Gasteiger partial charge in [-0.25, -0.2) is 0 Å². The van der Waals surface area contributed by atoms with Gasteiger partial charge in [0.25, 0.3) is 0 Å². The van der Waals surface area contributed by atoms with Crippen LogP contribution in [0.25, 0.3) is 0 Å². The lowest BCUT2D eigenvalue weighted by atomic mass is 9.85. The van der Waals surface area contributed by atoms with Gasteiger partial charge < -0.3 is 10.6 Å². The summed E-state index contributed by atoms with van der Waals surface area (Å²) in [5.41, 5.74) is 9.13. The van der Waals surface area contributed by atoms with Gasteiger partial charge in [-0.2, -0.15) is 0 Å². The average Bonchev–Trinajstić information content (AvgIpc) is 2.60. The highest BCUT2D eigenvalue weighted by atomic mass is 35.5. The van der Waals surface area contributed by atoms with Gasteiger partial charge in [-0.3, -0.25) is 0 Å². The van der Waals surface area contributed by atoms with Gasteiger partial charge in [0.05, 0.1) is 10.7 Å². The van der Waals surface area contributed by atoms with E-state index in [1.54, 1.807) is 0 Å². The minimum absolute atomic E-state index is 0.214. The second-order valence-corrected chi connectivity index (χ2v) is 7.53. The molecule has 1 aliphatic rings. The summed E-state index contributed by atoms with van der Waals surface area (Å²) in [5, 5.41) is 0.871. The third-order valence-electron chi connectivity index (χ3n) is 4.73. The zero-order valence-corrected chi connectivity index (χ0v) is 14.4. The molecule has 1 atom stereocenters. The Labute approximate surface area is 134 Å². The summed E-state index contributed by atoms with van der Waals surface area (Å²) in [7, 11) is 0. The third kappa shape index (κ3) is 4.37. The monoisotopic (exact) mass is 308 g/mol. The molecule has 1 aromatic rings. The lowest BCUT2D eigenvalue weighted by molar-refractivity contribution is 0.325. The summed E-state index contributed by atoms with van der Waals surface area (Å²) in [6, 6.07) is 6.46. The second kappa shape index (κ2) is 7.02. The maximum absolute atomic E-state index is 6.53. The van der Waals surface area contributed by atoms with Crippen molar-refractivity contribution in [3.8, 4) is 0 Å². The van der Waals surface area contributed by atoms with Crippen LogP contribution in [0.3, 0.4) is 0 Å². The minimum atomic E-state index is 0.214. The molecule has 2 N–H and O–H groups in total. The highest BCUT2D eigenvalue weighted by molar-refractivity contribution is 6.33. The first-order valence-electron chi connectivity index (χ1n) is 8.21. The van der Waals surface area contributed by atoms with Gasteiger partial charge in [-0.15, -0.1) is 0 Å². The number of benzene rings is 1. The van der Waals surface area contributed by atoms with E-state index in [1.165, 1.54) is 30.5 Å². The van der Waals surface area contributed by atoms with E-state index in [4.69, 9.17) is 17.3 Å². The zero-order chi connectivity index (χ0) is 15.5. The summed E-state index contributed by atoms with van der Waals surface area (Å²) in [5.74, 6) is 0. The van der Waals surface area contributed by atoms with E-state index in [0.29, 0.717) is 5.41 Å². The van der Waals surface area contributed by atoms with E-state index in [-0.39, 0.29) is 6.04 Å². The number of hydrogen-bond donors (Lipinski definition) is 1. The molecule has 1 unspecified atom stereocenters. The largest absolute Gasteiger partial charge is 0.370 e. The molecule has 2 nitrogen and oxygen atoms in total. The van der Waals surface area contributed by atoms with Crippen molar-refractivity contribution in [1.82, 2.24) is 0 Å². The van der Waals surface area contributed by atoms with Crippen molar-refractivity contribution in [2.24, 2.45) is 11.1 Å². The molecule has 1 aliphatic heterocycles. The molecule has 118 valence electrons.